The molecule has 0 aliphatic heterocycles. The predicted octanol–water partition coefficient (Wildman–Crippen LogP) is 5.09. The second-order valence-electron chi connectivity index (χ2n) is 5.06. The Balaban J connectivity index is 1.79. The Morgan fingerprint density at radius 3 is 2.61 bits per heavy atom. The van der Waals surface area contributed by atoms with Crippen molar-refractivity contribution < 1.29 is 4.79 Å². The van der Waals surface area contributed by atoms with E-state index in [2.05, 4.69) is 29.4 Å². The number of aryl methyl sites for hydroxylation is 1. The minimum atomic E-state index is -0.125. The molecule has 1 N–H and O–H groups in total. The van der Waals surface area contributed by atoms with Gasteiger partial charge < -0.3 is 0 Å². The lowest BCUT2D eigenvalue weighted by Crippen LogP contribution is -2.12. The zero-order chi connectivity index (χ0) is 16.2. The van der Waals surface area contributed by atoms with Gasteiger partial charge in [0.2, 0.25) is 0 Å². The maximum absolute atomic E-state index is 12.4. The van der Waals surface area contributed by atoms with Gasteiger partial charge in [0.1, 0.15) is 0 Å². The van der Waals surface area contributed by atoms with Crippen LogP contribution in [0.2, 0.25) is 0 Å². The molecule has 0 radical (unpaired) electrons. The van der Waals surface area contributed by atoms with E-state index in [0.717, 1.165) is 16.2 Å². The van der Waals surface area contributed by atoms with Gasteiger partial charge in [-0.15, -0.1) is 23.1 Å². The molecule has 2 aromatic carbocycles. The highest BCUT2D eigenvalue weighted by atomic mass is 32.2. The fourth-order valence-corrected chi connectivity index (χ4v) is 3.49. The van der Waals surface area contributed by atoms with Crippen LogP contribution in [0.3, 0.4) is 0 Å². The summed E-state index contributed by atoms with van der Waals surface area (Å²) in [6.45, 7) is 2.06. The van der Waals surface area contributed by atoms with E-state index in [9.17, 15) is 4.79 Å². The lowest BCUT2D eigenvalue weighted by atomic mass is 10.1. The maximum Gasteiger partial charge on any atom is 0.258 e. The number of thiazole rings is 1. The molecule has 0 fully saturated rings. The first-order valence-electron chi connectivity index (χ1n) is 7.14. The van der Waals surface area contributed by atoms with E-state index in [1.165, 1.54) is 16.9 Å². The van der Waals surface area contributed by atoms with Gasteiger partial charge in [0.05, 0.1) is 11.3 Å². The molecule has 116 valence electrons. The van der Waals surface area contributed by atoms with Gasteiger partial charge >= 0.3 is 0 Å². The highest BCUT2D eigenvalue weighted by Crippen LogP contribution is 2.26. The van der Waals surface area contributed by atoms with Gasteiger partial charge in [0.15, 0.2) is 5.13 Å². The fourth-order valence-electron chi connectivity index (χ4n) is 2.18. The van der Waals surface area contributed by atoms with Gasteiger partial charge in [0.25, 0.3) is 5.91 Å². The molecule has 0 atom stereocenters. The van der Waals surface area contributed by atoms with Crippen molar-refractivity contribution in [3.63, 3.8) is 0 Å². The maximum atomic E-state index is 12.4. The van der Waals surface area contributed by atoms with Gasteiger partial charge in [0, 0.05) is 15.8 Å². The fraction of sp³-hybridized carbons (Fsp3) is 0.111. The van der Waals surface area contributed by atoms with E-state index in [4.69, 9.17) is 0 Å². The standard InChI is InChI=1S/C18H16N2OS2/c1-12-7-9-13(10-8-12)15-11-23-18(19-15)20-17(21)14-5-3-4-6-16(14)22-2/h3-11H,1-2H3,(H,19,20,21). The Morgan fingerprint density at radius 1 is 1.13 bits per heavy atom. The van der Waals surface area contributed by atoms with Crippen molar-refractivity contribution in [3.05, 3.63) is 65.0 Å². The average Bonchev–Trinajstić information content (AvgIpc) is 3.04. The number of aromatic nitrogens is 1. The second kappa shape index (κ2) is 6.98. The number of hydrogen-bond donors (Lipinski definition) is 1. The second-order valence-corrected chi connectivity index (χ2v) is 6.76. The molecule has 0 spiro atoms. The quantitative estimate of drug-likeness (QED) is 0.672. The molecule has 1 aromatic heterocycles. The lowest BCUT2D eigenvalue weighted by molar-refractivity contribution is 0.102. The lowest BCUT2D eigenvalue weighted by Gasteiger charge is -2.06. The van der Waals surface area contributed by atoms with Crippen molar-refractivity contribution in [1.82, 2.24) is 4.98 Å². The van der Waals surface area contributed by atoms with E-state index in [-0.39, 0.29) is 5.91 Å². The largest absolute Gasteiger partial charge is 0.298 e. The Bertz CT molecular complexity index is 825. The Morgan fingerprint density at radius 2 is 1.87 bits per heavy atom. The number of thioether (sulfide) groups is 1. The molecule has 1 heterocycles. The zero-order valence-corrected chi connectivity index (χ0v) is 14.5. The number of nitrogens with one attached hydrogen (secondary N) is 1. The molecule has 0 aliphatic carbocycles. The van der Waals surface area contributed by atoms with E-state index >= 15 is 0 Å². The number of anilines is 1. The van der Waals surface area contributed by atoms with Crippen LogP contribution >= 0.6 is 23.1 Å². The number of hydrogen-bond acceptors (Lipinski definition) is 4. The van der Waals surface area contributed by atoms with Crippen molar-refractivity contribution in [2.24, 2.45) is 0 Å². The van der Waals surface area contributed by atoms with Crippen molar-refractivity contribution in [2.45, 2.75) is 11.8 Å². The first-order chi connectivity index (χ1) is 11.2. The molecule has 3 aromatic rings. The van der Waals surface area contributed by atoms with Gasteiger partial charge in [-0.1, -0.05) is 42.0 Å². The summed E-state index contributed by atoms with van der Waals surface area (Å²) >= 11 is 3.00. The van der Waals surface area contributed by atoms with Crippen LogP contribution in [-0.2, 0) is 0 Å². The molecular formula is C18H16N2OS2. The summed E-state index contributed by atoms with van der Waals surface area (Å²) < 4.78 is 0. The van der Waals surface area contributed by atoms with Gasteiger partial charge in [-0.2, -0.15) is 0 Å². The predicted molar refractivity (Wildman–Crippen MR) is 98.5 cm³/mol. The third kappa shape index (κ3) is 3.63. The number of carbonyl (C=O) groups excluding carboxylic acids is 1. The topological polar surface area (TPSA) is 42.0 Å². The summed E-state index contributed by atoms with van der Waals surface area (Å²) in [7, 11) is 0. The molecule has 0 saturated heterocycles. The molecule has 23 heavy (non-hydrogen) atoms. The van der Waals surface area contributed by atoms with Crippen LogP contribution in [0.5, 0.6) is 0 Å². The first kappa shape index (κ1) is 15.8. The van der Waals surface area contributed by atoms with Gasteiger partial charge in [-0.3, -0.25) is 10.1 Å². The Kier molecular flexibility index (Phi) is 4.79. The Labute approximate surface area is 143 Å². The summed E-state index contributed by atoms with van der Waals surface area (Å²) in [6.07, 6.45) is 1.96. The van der Waals surface area contributed by atoms with Crippen LogP contribution in [-0.4, -0.2) is 17.1 Å². The van der Waals surface area contributed by atoms with Crippen LogP contribution in [0, 0.1) is 6.92 Å². The van der Waals surface area contributed by atoms with Crippen LogP contribution < -0.4 is 5.32 Å². The van der Waals surface area contributed by atoms with E-state index < -0.39 is 0 Å². The summed E-state index contributed by atoms with van der Waals surface area (Å²) in [6, 6.07) is 15.8. The van der Waals surface area contributed by atoms with E-state index in [1.807, 2.05) is 48.0 Å². The molecule has 0 bridgehead atoms. The zero-order valence-electron chi connectivity index (χ0n) is 12.9. The number of carbonyl (C=O) groups is 1. The minimum Gasteiger partial charge on any atom is -0.298 e. The molecule has 5 heteroatoms. The van der Waals surface area contributed by atoms with Crippen LogP contribution in [0.25, 0.3) is 11.3 Å². The third-order valence-corrected chi connectivity index (χ3v) is 4.98. The average molecular weight is 340 g/mol. The number of amides is 1. The smallest absolute Gasteiger partial charge is 0.258 e. The molecule has 3 nitrogen and oxygen atoms in total. The van der Waals surface area contributed by atoms with E-state index in [0.29, 0.717) is 10.7 Å². The van der Waals surface area contributed by atoms with Crippen molar-refractivity contribution in [2.75, 3.05) is 11.6 Å². The first-order valence-corrected chi connectivity index (χ1v) is 9.25. The summed E-state index contributed by atoms with van der Waals surface area (Å²) in [5.41, 5.74) is 3.82. The molecule has 0 unspecified atom stereocenters. The van der Waals surface area contributed by atoms with Crippen LogP contribution in [0.4, 0.5) is 5.13 Å². The minimum absolute atomic E-state index is 0.125. The molecule has 3 rings (SSSR count). The molecule has 0 aliphatic rings. The van der Waals surface area contributed by atoms with Crippen molar-refractivity contribution in [1.29, 1.82) is 0 Å². The molecule has 0 saturated carbocycles. The monoisotopic (exact) mass is 340 g/mol. The van der Waals surface area contributed by atoms with Crippen LogP contribution in [0.1, 0.15) is 15.9 Å². The van der Waals surface area contributed by atoms with E-state index in [1.54, 1.807) is 11.8 Å². The summed E-state index contributed by atoms with van der Waals surface area (Å²) in [4.78, 5) is 17.9. The highest BCUT2D eigenvalue weighted by Gasteiger charge is 2.13. The molecule has 1 amide bonds. The third-order valence-electron chi connectivity index (χ3n) is 3.42. The highest BCUT2D eigenvalue weighted by molar-refractivity contribution is 7.98. The number of rotatable bonds is 4. The van der Waals surface area contributed by atoms with Crippen molar-refractivity contribution >= 4 is 34.1 Å². The summed E-state index contributed by atoms with van der Waals surface area (Å²) in [5.74, 6) is -0.125. The number of benzene rings is 2. The SMILES string of the molecule is CSc1ccccc1C(=O)Nc1nc(-c2ccc(C)cc2)cs1. The van der Waals surface area contributed by atoms with Gasteiger partial charge in [-0.25, -0.2) is 4.98 Å². The number of nitrogens with zero attached hydrogens (tertiary/aromatic N) is 1. The molecular weight excluding hydrogens is 324 g/mol. The van der Waals surface area contributed by atoms with Crippen molar-refractivity contribution in [3.8, 4) is 11.3 Å². The summed E-state index contributed by atoms with van der Waals surface area (Å²) in [5, 5.41) is 5.46. The normalized spacial score (nSPS) is 10.5. The Hall–Kier alpha value is -2.11. The van der Waals surface area contributed by atoms with Crippen LogP contribution in [0.15, 0.2) is 58.8 Å². The van der Waals surface area contributed by atoms with Gasteiger partial charge in [-0.05, 0) is 25.3 Å².